The fourth-order valence-electron chi connectivity index (χ4n) is 7.47. The molecule has 4 fully saturated rings. The molecular formula is C26H43NOSn. The summed E-state index contributed by atoms with van der Waals surface area (Å²) in [5.74, 6) is 1.37. The molecule has 0 aromatic rings. The zero-order valence-corrected chi connectivity index (χ0v) is 22.5. The van der Waals surface area contributed by atoms with Gasteiger partial charge in [0.2, 0.25) is 0 Å². The van der Waals surface area contributed by atoms with Gasteiger partial charge in [0.15, 0.2) is 0 Å². The van der Waals surface area contributed by atoms with E-state index in [0.717, 1.165) is 19.3 Å². The van der Waals surface area contributed by atoms with E-state index in [1.54, 1.807) is 5.57 Å². The van der Waals surface area contributed by atoms with Crippen molar-refractivity contribution in [1.82, 2.24) is 0 Å². The van der Waals surface area contributed by atoms with E-state index in [0.29, 0.717) is 17.6 Å². The molecule has 4 rings (SSSR count). The zero-order valence-electron chi connectivity index (χ0n) is 19.7. The Morgan fingerprint density at radius 3 is 2.07 bits per heavy atom. The molecule has 0 aromatic carbocycles. The van der Waals surface area contributed by atoms with Crippen molar-refractivity contribution in [3.05, 3.63) is 9.67 Å². The third-order valence-electron chi connectivity index (χ3n) is 8.80. The van der Waals surface area contributed by atoms with Crippen LogP contribution in [0, 0.1) is 39.9 Å². The molecule has 3 heteroatoms. The van der Waals surface area contributed by atoms with Crippen molar-refractivity contribution < 1.29 is 4.79 Å². The van der Waals surface area contributed by atoms with E-state index in [-0.39, 0.29) is 16.7 Å². The molecule has 0 radical (unpaired) electrons. The Balaban J connectivity index is 2.00. The van der Waals surface area contributed by atoms with Gasteiger partial charge in [0.1, 0.15) is 0 Å². The Morgan fingerprint density at radius 1 is 1.03 bits per heavy atom. The van der Waals surface area contributed by atoms with Gasteiger partial charge in [-0.1, -0.05) is 0 Å². The van der Waals surface area contributed by atoms with Crippen LogP contribution in [0.3, 0.4) is 0 Å². The minimum atomic E-state index is -2.39. The molecule has 4 aliphatic rings. The second kappa shape index (κ2) is 9.05. The summed E-state index contributed by atoms with van der Waals surface area (Å²) in [6.07, 6.45) is 10.9. The van der Waals surface area contributed by atoms with Crippen LogP contribution >= 0.6 is 0 Å². The van der Waals surface area contributed by atoms with Gasteiger partial charge in [-0.15, -0.1) is 0 Å². The van der Waals surface area contributed by atoms with Crippen molar-refractivity contribution in [3.8, 4) is 6.07 Å². The van der Waals surface area contributed by atoms with Crippen LogP contribution < -0.4 is 0 Å². The first-order valence-electron chi connectivity index (χ1n) is 12.5. The molecule has 0 aliphatic heterocycles. The summed E-state index contributed by atoms with van der Waals surface area (Å²) in [5, 5.41) is 9.89. The average Bonchev–Trinajstić information content (AvgIpc) is 2.96. The topological polar surface area (TPSA) is 40.9 Å². The SMILES string of the molecule is CCC[CH2][Sn](/[CH]=C1/C[C@@]2(C)C(=O)[C@]3(C)C[C@@H](C#N)[C@H]2[C@H]1C3)([CH2]CCC)[CH2]CCC. The minimum absolute atomic E-state index is 0.0823. The Hall–Kier alpha value is -0.301. The number of fused-ring (bicyclic) bond motifs is 1. The zero-order chi connectivity index (χ0) is 21.3. The molecule has 162 valence electrons. The molecule has 0 saturated heterocycles. The molecule has 4 bridgehead atoms. The number of carbonyl (C=O) groups is 1. The molecule has 0 spiro atoms. The molecule has 4 aliphatic carbocycles. The fraction of sp³-hybridized carbons (Fsp3) is 0.846. The van der Waals surface area contributed by atoms with Crippen LogP contribution in [-0.4, -0.2) is 24.2 Å². The first kappa shape index (κ1) is 23.4. The average molecular weight is 504 g/mol. The number of nitrogens with zero attached hydrogens (tertiary/aromatic N) is 1. The molecule has 29 heavy (non-hydrogen) atoms. The Kier molecular flexibility index (Phi) is 7.29. The predicted molar refractivity (Wildman–Crippen MR) is 124 cm³/mol. The Bertz CT molecular complexity index is 670. The van der Waals surface area contributed by atoms with Crippen LogP contribution in [0.5, 0.6) is 0 Å². The predicted octanol–water partition coefficient (Wildman–Crippen LogP) is 7.47. The summed E-state index contributed by atoms with van der Waals surface area (Å²) < 4.78 is 7.39. The first-order valence-corrected chi connectivity index (χ1v) is 20.2. The summed E-state index contributed by atoms with van der Waals surface area (Å²) in [5.41, 5.74) is 1.13. The molecule has 4 saturated carbocycles. The maximum atomic E-state index is 13.5. The fourth-order valence-corrected chi connectivity index (χ4v) is 23.1. The van der Waals surface area contributed by atoms with Crippen LogP contribution in [0.4, 0.5) is 0 Å². The van der Waals surface area contributed by atoms with Gasteiger partial charge < -0.3 is 0 Å². The molecule has 0 heterocycles. The van der Waals surface area contributed by atoms with Gasteiger partial charge in [-0.25, -0.2) is 0 Å². The van der Waals surface area contributed by atoms with Crippen molar-refractivity contribution in [3.63, 3.8) is 0 Å². The van der Waals surface area contributed by atoms with Gasteiger partial charge in [0.25, 0.3) is 0 Å². The summed E-state index contributed by atoms with van der Waals surface area (Å²) in [7, 11) is 0. The number of rotatable bonds is 10. The molecule has 0 N–H and O–H groups in total. The van der Waals surface area contributed by atoms with Gasteiger partial charge in [0, 0.05) is 0 Å². The van der Waals surface area contributed by atoms with Crippen LogP contribution in [0.15, 0.2) is 9.67 Å². The number of ketones is 1. The monoisotopic (exact) mass is 505 g/mol. The summed E-state index contributed by atoms with van der Waals surface area (Å²) in [4.78, 5) is 13.5. The Labute approximate surface area is 183 Å². The van der Waals surface area contributed by atoms with Crippen molar-refractivity contribution in [1.29, 1.82) is 5.26 Å². The standard InChI is InChI=1S/C14H16NO.3C4H9.Sn/c1-8-4-14(3)11-9(7-15)5-13(2,12(14)16)6-10(8)11;3*1-3-4-2;/h1,9-11H,4-6H2,2-3H3;3*1,3-4H2,2H3;/t9-,10-,11-,13+,14+;;;;/m0..../s1. The van der Waals surface area contributed by atoms with E-state index < -0.39 is 18.4 Å². The number of carbonyl (C=O) groups excluding carboxylic acids is 1. The van der Waals surface area contributed by atoms with Crippen LogP contribution in [0.1, 0.15) is 92.4 Å². The number of nitriles is 1. The van der Waals surface area contributed by atoms with Crippen LogP contribution in [0.2, 0.25) is 13.3 Å². The quantitative estimate of drug-likeness (QED) is 0.290. The summed E-state index contributed by atoms with van der Waals surface area (Å²) in [6, 6.07) is 2.63. The van der Waals surface area contributed by atoms with E-state index in [4.69, 9.17) is 0 Å². The van der Waals surface area contributed by atoms with Gasteiger partial charge in [-0.05, 0) is 0 Å². The van der Waals surface area contributed by atoms with E-state index in [9.17, 15) is 10.1 Å². The van der Waals surface area contributed by atoms with Crippen molar-refractivity contribution in [2.24, 2.45) is 28.6 Å². The number of hydrogen-bond donors (Lipinski definition) is 0. The molecule has 5 atom stereocenters. The third-order valence-corrected chi connectivity index (χ3v) is 23.2. The van der Waals surface area contributed by atoms with Crippen molar-refractivity contribution in [2.45, 2.75) is 106 Å². The summed E-state index contributed by atoms with van der Waals surface area (Å²) >= 11 is -2.39. The number of unbranched alkanes of at least 4 members (excludes halogenated alkanes) is 3. The molecular weight excluding hydrogens is 461 g/mol. The Morgan fingerprint density at radius 2 is 1.59 bits per heavy atom. The van der Waals surface area contributed by atoms with Crippen molar-refractivity contribution in [2.75, 3.05) is 0 Å². The normalized spacial score (nSPS) is 37.3. The second-order valence-corrected chi connectivity index (χ2v) is 24.0. The van der Waals surface area contributed by atoms with Gasteiger partial charge in [-0.3, -0.25) is 0 Å². The summed E-state index contributed by atoms with van der Waals surface area (Å²) in [6.45, 7) is 11.4. The van der Waals surface area contributed by atoms with E-state index in [1.165, 1.54) is 51.8 Å². The second-order valence-electron chi connectivity index (χ2n) is 11.2. The van der Waals surface area contributed by atoms with E-state index in [2.05, 4.69) is 44.8 Å². The van der Waals surface area contributed by atoms with Crippen molar-refractivity contribution >= 4 is 24.2 Å². The van der Waals surface area contributed by atoms with Crippen LogP contribution in [-0.2, 0) is 4.79 Å². The maximum absolute atomic E-state index is 13.5. The van der Waals surface area contributed by atoms with Crippen LogP contribution in [0.25, 0.3) is 0 Å². The molecule has 0 unspecified atom stereocenters. The molecule has 0 aromatic heterocycles. The number of hydrogen-bond acceptors (Lipinski definition) is 2. The number of Topliss-reactive ketones (excluding diaryl/α,β-unsaturated/α-hetero) is 1. The third kappa shape index (κ3) is 4.11. The van der Waals surface area contributed by atoms with Gasteiger partial charge in [0.05, 0.1) is 0 Å². The van der Waals surface area contributed by atoms with Gasteiger partial charge in [-0.2, -0.15) is 0 Å². The number of allylic oxidation sites excluding steroid dienone is 1. The van der Waals surface area contributed by atoms with E-state index in [1.807, 2.05) is 0 Å². The van der Waals surface area contributed by atoms with Gasteiger partial charge >= 0.3 is 184 Å². The molecule has 2 nitrogen and oxygen atoms in total. The molecule has 0 amide bonds. The first-order chi connectivity index (χ1) is 13.8. The van der Waals surface area contributed by atoms with E-state index >= 15 is 0 Å².